The van der Waals surface area contributed by atoms with E-state index in [-0.39, 0.29) is 60.1 Å². The molecule has 0 radical (unpaired) electrons. The third-order valence-electron chi connectivity index (χ3n) is 12.8. The van der Waals surface area contributed by atoms with Gasteiger partial charge in [-0.25, -0.2) is 8.42 Å². The van der Waals surface area contributed by atoms with Crippen LogP contribution >= 0.6 is 0 Å². The fraction of sp³-hybridized carbons (Fsp3) is 0.480. The summed E-state index contributed by atoms with van der Waals surface area (Å²) in [6.45, 7) is 10.9. The van der Waals surface area contributed by atoms with Crippen molar-refractivity contribution in [2.45, 2.75) is 140 Å². The Hall–Kier alpha value is -4.43. The summed E-state index contributed by atoms with van der Waals surface area (Å²) in [5.74, 6) is 0.145. The number of sulfonamides is 1. The van der Waals surface area contributed by atoms with Gasteiger partial charge in [-0.2, -0.15) is 4.72 Å². The summed E-state index contributed by atoms with van der Waals surface area (Å²) in [7, 11) is -3.98. The summed E-state index contributed by atoms with van der Waals surface area (Å²) in [5.41, 5.74) is 4.87. The second kappa shape index (κ2) is 20.0. The number of hydrogen-bond acceptors (Lipinski definition) is 8. The van der Waals surface area contributed by atoms with Crippen molar-refractivity contribution in [1.29, 1.82) is 0 Å². The number of aliphatic hydroxyl groups excluding tert-OH is 1. The van der Waals surface area contributed by atoms with E-state index in [4.69, 9.17) is 9.47 Å². The van der Waals surface area contributed by atoms with Gasteiger partial charge in [0.25, 0.3) is 0 Å². The van der Waals surface area contributed by atoms with E-state index in [0.717, 1.165) is 59.1 Å². The van der Waals surface area contributed by atoms with E-state index in [9.17, 15) is 23.1 Å². The Morgan fingerprint density at radius 1 is 0.806 bits per heavy atom. The molecule has 2 heterocycles. The molecule has 0 bridgehead atoms. The molecule has 12 heteroatoms. The normalized spacial score (nSPS) is 25.0. The second-order valence-electron chi connectivity index (χ2n) is 18.6. The predicted octanol–water partition coefficient (Wildman–Crippen LogP) is 7.42. The molecule has 0 aromatic heterocycles. The van der Waals surface area contributed by atoms with E-state index in [1.165, 1.54) is 25.0 Å². The Bertz CT molecular complexity index is 2210. The van der Waals surface area contributed by atoms with Gasteiger partial charge >= 0.3 is 0 Å². The lowest BCUT2D eigenvalue weighted by molar-refractivity contribution is -0.278. The van der Waals surface area contributed by atoms with Gasteiger partial charge in [-0.1, -0.05) is 116 Å². The van der Waals surface area contributed by atoms with Gasteiger partial charge in [-0.15, -0.1) is 0 Å². The molecule has 4 aromatic carbocycles. The van der Waals surface area contributed by atoms with Crippen LogP contribution in [0.1, 0.15) is 112 Å². The topological polar surface area (TPSA) is 146 Å². The maximum Gasteiger partial charge on any atom is 0.241 e. The maximum absolute atomic E-state index is 13.9. The number of carbonyl (C=O) groups is 2. The number of carbonyl (C=O) groups excluding carboxylic acids is 2. The van der Waals surface area contributed by atoms with Gasteiger partial charge in [0.05, 0.1) is 29.8 Å². The lowest BCUT2D eigenvalue weighted by Gasteiger charge is -2.51. The molecule has 8 unspecified atom stereocenters. The highest BCUT2D eigenvalue weighted by Gasteiger charge is 2.46. The van der Waals surface area contributed by atoms with Crippen LogP contribution in [-0.2, 0) is 48.7 Å². The third kappa shape index (κ3) is 11.4. The zero-order valence-corrected chi connectivity index (χ0v) is 37.6. The fourth-order valence-corrected chi connectivity index (χ4v) is 10.6. The number of likely N-dealkylation sites (tertiary alicyclic amines) is 1. The highest BCUT2D eigenvalue weighted by molar-refractivity contribution is 7.89. The quantitative estimate of drug-likeness (QED) is 0.103. The molecule has 11 nitrogen and oxygen atoms in total. The molecule has 8 atom stereocenters. The lowest BCUT2D eigenvalue weighted by Crippen LogP contribution is -2.61. The smallest absolute Gasteiger partial charge is 0.241 e. The Balaban J connectivity index is 1.09. The number of aliphatic hydroxyl groups is 1. The molecule has 3 aliphatic rings. The number of nitrogens with zero attached hydrogens (tertiary/aromatic N) is 1. The lowest BCUT2D eigenvalue weighted by atomic mass is 9.75. The highest BCUT2D eigenvalue weighted by atomic mass is 32.2. The van der Waals surface area contributed by atoms with Crippen LogP contribution in [0.25, 0.3) is 0 Å². The summed E-state index contributed by atoms with van der Waals surface area (Å²) in [5, 5.41) is 16.0. The Morgan fingerprint density at radius 3 is 2.15 bits per heavy atom. The van der Waals surface area contributed by atoms with Crippen LogP contribution in [0.5, 0.6) is 0 Å². The van der Waals surface area contributed by atoms with E-state index >= 15 is 0 Å². The second-order valence-corrected chi connectivity index (χ2v) is 20.3. The number of fused-ring (bicyclic) bond motifs is 1. The van der Waals surface area contributed by atoms with Crippen molar-refractivity contribution in [3.05, 3.63) is 137 Å². The van der Waals surface area contributed by atoms with Crippen LogP contribution in [0.4, 0.5) is 0 Å². The number of nitrogens with one attached hydrogen (secondary N) is 3. The number of piperidine rings is 1. The molecule has 0 spiro atoms. The number of ether oxygens (including phenoxy) is 2. The van der Waals surface area contributed by atoms with Crippen molar-refractivity contribution in [3.8, 4) is 0 Å². The van der Waals surface area contributed by atoms with Crippen molar-refractivity contribution in [1.82, 2.24) is 20.3 Å². The van der Waals surface area contributed by atoms with Crippen LogP contribution in [0, 0.1) is 18.8 Å². The molecule has 2 aliphatic heterocycles. The fourth-order valence-electron chi connectivity index (χ4n) is 9.38. The minimum atomic E-state index is -3.98. The van der Waals surface area contributed by atoms with Gasteiger partial charge in [0.1, 0.15) is 6.04 Å². The first-order valence-corrected chi connectivity index (χ1v) is 23.7. The monoisotopic (exact) mass is 864 g/mol. The van der Waals surface area contributed by atoms with Crippen molar-refractivity contribution in [3.63, 3.8) is 0 Å². The Labute approximate surface area is 368 Å². The first kappa shape index (κ1) is 45.6. The average molecular weight is 865 g/mol. The first-order chi connectivity index (χ1) is 29.7. The van der Waals surface area contributed by atoms with E-state index in [1.54, 1.807) is 12.1 Å². The molecule has 2 saturated heterocycles. The van der Waals surface area contributed by atoms with E-state index in [0.29, 0.717) is 18.5 Å². The van der Waals surface area contributed by atoms with E-state index < -0.39 is 28.3 Å². The zero-order chi connectivity index (χ0) is 44.0. The largest absolute Gasteiger partial charge is 0.392 e. The van der Waals surface area contributed by atoms with Gasteiger partial charge in [-0.3, -0.25) is 14.5 Å². The molecule has 4 N–H and O–H groups in total. The number of amides is 2. The highest BCUT2D eigenvalue weighted by Crippen LogP contribution is 2.44. The molecule has 332 valence electrons. The standard InChI is InChI=1S/C50H64N4O7S/c1-33-15-26-41(27-16-33)62(58,59)53-42(29-35-11-7-6-8-12-35)47(56)51-30-36-17-23-40(24-18-36)49-60-45(34(2)46(61-49)39-21-19-37(32-55)20-22-39)31-54-43-14-10-9-13-38(43)25-28-44(54)48(57)52-50(3,4)5/h6-8,11-12,15-24,26-27,34,38,42-46,49,53,55H,9-10,13-14,25,28-32H2,1-5H3,(H,51,56)(H,52,57). The van der Waals surface area contributed by atoms with Crippen LogP contribution in [-0.4, -0.2) is 66.6 Å². The molecule has 1 aliphatic carbocycles. The predicted molar refractivity (Wildman–Crippen MR) is 240 cm³/mol. The van der Waals surface area contributed by atoms with Crippen molar-refractivity contribution >= 4 is 21.8 Å². The van der Waals surface area contributed by atoms with Crippen LogP contribution in [0.15, 0.2) is 108 Å². The van der Waals surface area contributed by atoms with Crippen LogP contribution < -0.4 is 15.4 Å². The number of rotatable bonds is 14. The number of aryl methyl sites for hydroxylation is 1. The average Bonchev–Trinajstić information content (AvgIpc) is 3.26. The van der Waals surface area contributed by atoms with Crippen LogP contribution in [0.3, 0.4) is 0 Å². The Morgan fingerprint density at radius 2 is 1.47 bits per heavy atom. The molecule has 7 rings (SSSR count). The summed E-state index contributed by atoms with van der Waals surface area (Å²) in [6, 6.07) is 30.5. The van der Waals surface area contributed by atoms with E-state index in [1.807, 2.05) is 107 Å². The molecular formula is C50H64N4O7S. The van der Waals surface area contributed by atoms with Crippen molar-refractivity contribution in [2.75, 3.05) is 6.54 Å². The number of hydrogen-bond donors (Lipinski definition) is 4. The van der Waals surface area contributed by atoms with Gasteiger partial charge in [0, 0.05) is 36.2 Å². The molecule has 62 heavy (non-hydrogen) atoms. The van der Waals surface area contributed by atoms with Gasteiger partial charge in [-0.05, 0) is 100 Å². The number of benzene rings is 4. The van der Waals surface area contributed by atoms with Crippen LogP contribution in [0.2, 0.25) is 0 Å². The molecule has 4 aromatic rings. The summed E-state index contributed by atoms with van der Waals surface area (Å²) in [6.07, 6.45) is 5.41. The summed E-state index contributed by atoms with van der Waals surface area (Å²) >= 11 is 0. The summed E-state index contributed by atoms with van der Waals surface area (Å²) in [4.78, 5) is 30.2. The minimum Gasteiger partial charge on any atom is -0.392 e. The third-order valence-corrected chi connectivity index (χ3v) is 14.3. The van der Waals surface area contributed by atoms with Crippen molar-refractivity contribution < 1.29 is 32.6 Å². The molecular weight excluding hydrogens is 801 g/mol. The first-order valence-electron chi connectivity index (χ1n) is 22.3. The SMILES string of the molecule is Cc1ccc(S(=O)(=O)NC(Cc2ccccc2)C(=O)NCc2ccc(C3OC(CN4C(C(=O)NC(C)(C)C)CCC5CCCCC54)C(C)C(c4ccc(CO)cc4)O3)cc2)cc1. The summed E-state index contributed by atoms with van der Waals surface area (Å²) < 4.78 is 43.2. The van der Waals surface area contributed by atoms with E-state index in [2.05, 4.69) is 27.2 Å². The molecule has 1 saturated carbocycles. The van der Waals surface area contributed by atoms with Gasteiger partial charge < -0.3 is 25.2 Å². The maximum atomic E-state index is 13.9. The minimum absolute atomic E-state index is 0.0468. The zero-order valence-electron chi connectivity index (χ0n) is 36.8. The molecule has 2 amide bonds. The van der Waals surface area contributed by atoms with Crippen molar-refractivity contribution in [2.24, 2.45) is 11.8 Å². The van der Waals surface area contributed by atoms with Gasteiger partial charge in [0.2, 0.25) is 21.8 Å². The molecule has 3 fully saturated rings. The Kier molecular flexibility index (Phi) is 14.7. The van der Waals surface area contributed by atoms with Gasteiger partial charge in [0.15, 0.2) is 6.29 Å².